The SMILES string of the molecule is CCOc1ccc(CCNC(=O)CSc2nnc(-c3ccco3)o2)cc1OCC. The third kappa shape index (κ3) is 6.02. The van der Waals surface area contributed by atoms with Crippen LogP contribution in [0.4, 0.5) is 0 Å². The van der Waals surface area contributed by atoms with Crippen molar-refractivity contribution in [1.82, 2.24) is 15.5 Å². The van der Waals surface area contributed by atoms with Gasteiger partial charge in [-0.3, -0.25) is 4.79 Å². The highest BCUT2D eigenvalue weighted by Gasteiger charge is 2.13. The molecule has 0 radical (unpaired) electrons. The molecule has 0 bridgehead atoms. The van der Waals surface area contributed by atoms with Crippen LogP contribution in [-0.4, -0.2) is 41.6 Å². The van der Waals surface area contributed by atoms with E-state index in [0.717, 1.165) is 17.1 Å². The fraction of sp³-hybridized carbons (Fsp3) is 0.350. The van der Waals surface area contributed by atoms with Crippen molar-refractivity contribution in [1.29, 1.82) is 0 Å². The van der Waals surface area contributed by atoms with Crippen molar-refractivity contribution >= 4 is 17.7 Å². The fourth-order valence-electron chi connectivity index (χ4n) is 2.54. The highest BCUT2D eigenvalue weighted by atomic mass is 32.2. The second-order valence-corrected chi connectivity index (χ2v) is 6.81. The summed E-state index contributed by atoms with van der Waals surface area (Å²) < 4.78 is 21.8. The van der Waals surface area contributed by atoms with E-state index in [1.54, 1.807) is 12.1 Å². The number of amides is 1. The molecule has 2 aromatic heterocycles. The molecule has 1 amide bonds. The predicted molar refractivity (Wildman–Crippen MR) is 108 cm³/mol. The summed E-state index contributed by atoms with van der Waals surface area (Å²) in [5.74, 6) is 2.31. The average Bonchev–Trinajstić information content (AvgIpc) is 3.40. The number of aromatic nitrogens is 2. The lowest BCUT2D eigenvalue weighted by Crippen LogP contribution is -2.27. The van der Waals surface area contributed by atoms with Gasteiger partial charge in [0.25, 0.3) is 11.1 Å². The van der Waals surface area contributed by atoms with E-state index in [0.29, 0.717) is 43.1 Å². The monoisotopic (exact) mass is 417 g/mol. The number of hydrogen-bond acceptors (Lipinski definition) is 8. The molecule has 0 atom stereocenters. The van der Waals surface area contributed by atoms with Crippen LogP contribution in [0.3, 0.4) is 0 Å². The first-order chi connectivity index (χ1) is 14.2. The summed E-state index contributed by atoms with van der Waals surface area (Å²) in [4.78, 5) is 12.1. The van der Waals surface area contributed by atoms with Crippen molar-refractivity contribution < 1.29 is 23.1 Å². The number of nitrogens with zero attached hydrogens (tertiary/aromatic N) is 2. The molecular weight excluding hydrogens is 394 g/mol. The smallest absolute Gasteiger partial charge is 0.284 e. The summed E-state index contributed by atoms with van der Waals surface area (Å²) >= 11 is 1.18. The van der Waals surface area contributed by atoms with Crippen LogP contribution in [0.15, 0.2) is 50.7 Å². The van der Waals surface area contributed by atoms with E-state index >= 15 is 0 Å². The Balaban J connectivity index is 1.43. The molecule has 29 heavy (non-hydrogen) atoms. The molecule has 154 valence electrons. The molecule has 0 spiro atoms. The fourth-order valence-corrected chi connectivity index (χ4v) is 3.14. The van der Waals surface area contributed by atoms with Gasteiger partial charge in [0, 0.05) is 6.54 Å². The summed E-state index contributed by atoms with van der Waals surface area (Å²) in [5, 5.41) is 11.0. The van der Waals surface area contributed by atoms with Gasteiger partial charge in [-0.15, -0.1) is 10.2 Å². The van der Waals surface area contributed by atoms with Crippen LogP contribution in [0.2, 0.25) is 0 Å². The lowest BCUT2D eigenvalue weighted by Gasteiger charge is -2.12. The minimum absolute atomic E-state index is 0.108. The normalized spacial score (nSPS) is 10.7. The Morgan fingerprint density at radius 2 is 1.97 bits per heavy atom. The van der Waals surface area contributed by atoms with Gasteiger partial charge in [0.2, 0.25) is 5.91 Å². The average molecular weight is 417 g/mol. The molecule has 8 nitrogen and oxygen atoms in total. The highest BCUT2D eigenvalue weighted by Crippen LogP contribution is 2.28. The van der Waals surface area contributed by atoms with E-state index in [2.05, 4.69) is 15.5 Å². The number of benzene rings is 1. The number of rotatable bonds is 11. The number of thioether (sulfide) groups is 1. The van der Waals surface area contributed by atoms with Gasteiger partial charge in [0.15, 0.2) is 17.3 Å². The Kier molecular flexibility index (Phi) is 7.57. The zero-order valence-corrected chi connectivity index (χ0v) is 17.2. The van der Waals surface area contributed by atoms with Gasteiger partial charge in [-0.1, -0.05) is 17.8 Å². The van der Waals surface area contributed by atoms with Gasteiger partial charge < -0.3 is 23.6 Å². The summed E-state index contributed by atoms with van der Waals surface area (Å²) in [6, 6.07) is 9.29. The maximum absolute atomic E-state index is 12.1. The number of carbonyl (C=O) groups is 1. The van der Waals surface area contributed by atoms with E-state index in [1.165, 1.54) is 18.0 Å². The van der Waals surface area contributed by atoms with Gasteiger partial charge in [0.05, 0.1) is 25.2 Å². The van der Waals surface area contributed by atoms with E-state index < -0.39 is 0 Å². The maximum atomic E-state index is 12.1. The molecular formula is C20H23N3O5S. The summed E-state index contributed by atoms with van der Waals surface area (Å²) in [6.45, 7) is 5.52. The number of carbonyl (C=O) groups excluding carboxylic acids is 1. The number of nitrogens with one attached hydrogen (secondary N) is 1. The molecule has 0 aliphatic carbocycles. The van der Waals surface area contributed by atoms with Gasteiger partial charge >= 0.3 is 0 Å². The van der Waals surface area contributed by atoms with Crippen molar-refractivity contribution in [2.24, 2.45) is 0 Å². The Hall–Kier alpha value is -2.94. The van der Waals surface area contributed by atoms with Crippen molar-refractivity contribution in [2.45, 2.75) is 25.5 Å². The van der Waals surface area contributed by atoms with Crippen LogP contribution in [-0.2, 0) is 11.2 Å². The number of furan rings is 1. The molecule has 0 unspecified atom stereocenters. The van der Waals surface area contributed by atoms with E-state index in [1.807, 2.05) is 32.0 Å². The quantitative estimate of drug-likeness (QED) is 0.473. The molecule has 3 rings (SSSR count). The van der Waals surface area contributed by atoms with Gasteiger partial charge in [-0.2, -0.15) is 0 Å². The molecule has 0 aliphatic heterocycles. The second-order valence-electron chi connectivity index (χ2n) is 5.89. The third-order valence-electron chi connectivity index (χ3n) is 3.81. The maximum Gasteiger partial charge on any atom is 0.284 e. The Morgan fingerprint density at radius 3 is 2.72 bits per heavy atom. The van der Waals surface area contributed by atoms with Crippen molar-refractivity contribution in [3.05, 3.63) is 42.2 Å². The molecule has 0 aliphatic rings. The molecule has 1 N–H and O–H groups in total. The summed E-state index contributed by atoms with van der Waals surface area (Å²) in [6.07, 6.45) is 2.22. The highest BCUT2D eigenvalue weighted by molar-refractivity contribution is 7.99. The van der Waals surface area contributed by atoms with Crippen LogP contribution in [0, 0.1) is 0 Å². The number of hydrogen-bond donors (Lipinski definition) is 1. The molecule has 0 saturated carbocycles. The molecule has 0 saturated heterocycles. The lowest BCUT2D eigenvalue weighted by atomic mass is 10.1. The molecule has 0 fully saturated rings. The zero-order chi connectivity index (χ0) is 20.5. The van der Waals surface area contributed by atoms with Crippen LogP contribution in [0.5, 0.6) is 11.5 Å². The van der Waals surface area contributed by atoms with Crippen LogP contribution in [0.25, 0.3) is 11.7 Å². The minimum Gasteiger partial charge on any atom is -0.490 e. The Bertz CT molecular complexity index is 911. The second kappa shape index (κ2) is 10.6. The third-order valence-corrected chi connectivity index (χ3v) is 4.63. The summed E-state index contributed by atoms with van der Waals surface area (Å²) in [7, 11) is 0. The first kappa shape index (κ1) is 20.8. The van der Waals surface area contributed by atoms with Crippen LogP contribution < -0.4 is 14.8 Å². The Labute approximate surface area is 173 Å². The van der Waals surface area contributed by atoms with E-state index in [4.69, 9.17) is 18.3 Å². The van der Waals surface area contributed by atoms with Gasteiger partial charge in [-0.05, 0) is 50.1 Å². The minimum atomic E-state index is -0.108. The first-order valence-electron chi connectivity index (χ1n) is 9.35. The van der Waals surface area contributed by atoms with E-state index in [-0.39, 0.29) is 11.7 Å². The van der Waals surface area contributed by atoms with E-state index in [9.17, 15) is 4.79 Å². The van der Waals surface area contributed by atoms with Crippen molar-refractivity contribution in [3.8, 4) is 23.1 Å². The van der Waals surface area contributed by atoms with Crippen molar-refractivity contribution in [2.75, 3.05) is 25.5 Å². The predicted octanol–water partition coefficient (Wildman–Crippen LogP) is 3.58. The zero-order valence-electron chi connectivity index (χ0n) is 16.3. The standard InChI is InChI=1S/C20H23N3O5S/c1-3-25-15-8-7-14(12-17(15)26-4-2)9-10-21-18(24)13-29-20-23-22-19(28-20)16-6-5-11-27-16/h5-8,11-12H,3-4,9-10,13H2,1-2H3,(H,21,24). The molecule has 3 aromatic rings. The van der Waals surface area contributed by atoms with Crippen LogP contribution in [0.1, 0.15) is 19.4 Å². The topological polar surface area (TPSA) is 99.6 Å². The summed E-state index contributed by atoms with van der Waals surface area (Å²) in [5.41, 5.74) is 1.06. The lowest BCUT2D eigenvalue weighted by molar-refractivity contribution is -0.118. The van der Waals surface area contributed by atoms with Gasteiger partial charge in [-0.25, -0.2) is 0 Å². The first-order valence-corrected chi connectivity index (χ1v) is 10.3. The number of ether oxygens (including phenoxy) is 2. The largest absolute Gasteiger partial charge is 0.490 e. The van der Waals surface area contributed by atoms with Crippen LogP contribution >= 0.6 is 11.8 Å². The van der Waals surface area contributed by atoms with Crippen molar-refractivity contribution in [3.63, 3.8) is 0 Å². The van der Waals surface area contributed by atoms with Gasteiger partial charge in [0.1, 0.15) is 0 Å². The Morgan fingerprint density at radius 1 is 1.14 bits per heavy atom. The molecule has 2 heterocycles. The molecule has 1 aromatic carbocycles. The molecule has 9 heteroatoms.